The number of rotatable bonds is 4. The number of fused-ring (bicyclic) bond motifs is 1. The van der Waals surface area contributed by atoms with Crippen LogP contribution in [0.3, 0.4) is 0 Å². The van der Waals surface area contributed by atoms with Crippen molar-refractivity contribution in [2.45, 2.75) is 46.4 Å². The lowest BCUT2D eigenvalue weighted by Crippen LogP contribution is -2.02. The summed E-state index contributed by atoms with van der Waals surface area (Å²) in [6.45, 7) is 8.83. The predicted molar refractivity (Wildman–Crippen MR) is 73.9 cm³/mol. The molecule has 0 bridgehead atoms. The molecule has 0 radical (unpaired) electrons. The first kappa shape index (κ1) is 13.0. The van der Waals surface area contributed by atoms with Crippen LogP contribution in [0.2, 0.25) is 0 Å². The molecule has 0 spiro atoms. The SMILES string of the molecule is CC(C)OCc1cn(C(C)C)c2cccc(O)c12. The first-order chi connectivity index (χ1) is 8.50. The molecule has 0 aliphatic carbocycles. The molecule has 2 aromatic rings. The van der Waals surface area contributed by atoms with E-state index in [1.54, 1.807) is 6.07 Å². The van der Waals surface area contributed by atoms with Crippen LogP contribution >= 0.6 is 0 Å². The summed E-state index contributed by atoms with van der Waals surface area (Å²) in [7, 11) is 0. The minimum Gasteiger partial charge on any atom is -0.507 e. The van der Waals surface area contributed by atoms with Crippen LogP contribution in [0.5, 0.6) is 5.75 Å². The summed E-state index contributed by atoms with van der Waals surface area (Å²) in [5.41, 5.74) is 2.11. The number of phenolic OH excluding ortho intramolecular Hbond substituents is 1. The van der Waals surface area contributed by atoms with Crippen molar-refractivity contribution in [3.63, 3.8) is 0 Å². The van der Waals surface area contributed by atoms with Gasteiger partial charge in [0, 0.05) is 23.2 Å². The highest BCUT2D eigenvalue weighted by molar-refractivity contribution is 5.89. The van der Waals surface area contributed by atoms with Gasteiger partial charge >= 0.3 is 0 Å². The lowest BCUT2D eigenvalue weighted by molar-refractivity contribution is 0.0662. The van der Waals surface area contributed by atoms with Crippen molar-refractivity contribution in [2.24, 2.45) is 0 Å². The molecule has 2 rings (SSSR count). The minimum absolute atomic E-state index is 0.188. The van der Waals surface area contributed by atoms with Gasteiger partial charge in [-0.3, -0.25) is 0 Å². The van der Waals surface area contributed by atoms with E-state index in [0.29, 0.717) is 18.4 Å². The lowest BCUT2D eigenvalue weighted by Gasteiger charge is -2.08. The van der Waals surface area contributed by atoms with Gasteiger partial charge in [-0.2, -0.15) is 0 Å². The van der Waals surface area contributed by atoms with Crippen LogP contribution in [-0.4, -0.2) is 15.8 Å². The zero-order valence-corrected chi connectivity index (χ0v) is 11.5. The third kappa shape index (κ3) is 2.36. The second kappa shape index (κ2) is 5.02. The van der Waals surface area contributed by atoms with Gasteiger partial charge in [-0.25, -0.2) is 0 Å². The van der Waals surface area contributed by atoms with Crippen LogP contribution in [-0.2, 0) is 11.3 Å². The molecule has 3 nitrogen and oxygen atoms in total. The van der Waals surface area contributed by atoms with Gasteiger partial charge in [0.05, 0.1) is 18.2 Å². The van der Waals surface area contributed by atoms with Crippen molar-refractivity contribution in [3.8, 4) is 5.75 Å². The number of ether oxygens (including phenoxy) is 1. The maximum Gasteiger partial charge on any atom is 0.125 e. The normalized spacial score (nSPS) is 11.9. The second-order valence-corrected chi connectivity index (χ2v) is 5.19. The number of nitrogens with zero attached hydrogens (tertiary/aromatic N) is 1. The maximum atomic E-state index is 10.0. The Balaban J connectivity index is 2.52. The molecule has 98 valence electrons. The van der Waals surface area contributed by atoms with Crippen LogP contribution in [0.25, 0.3) is 10.9 Å². The molecular formula is C15H21NO2. The van der Waals surface area contributed by atoms with Crippen LogP contribution in [0.1, 0.15) is 39.3 Å². The van der Waals surface area contributed by atoms with Gasteiger partial charge in [0.15, 0.2) is 0 Å². The number of hydrogen-bond acceptors (Lipinski definition) is 2. The van der Waals surface area contributed by atoms with Crippen LogP contribution in [0.4, 0.5) is 0 Å². The predicted octanol–water partition coefficient (Wildman–Crippen LogP) is 3.85. The van der Waals surface area contributed by atoms with Gasteiger partial charge in [-0.05, 0) is 39.8 Å². The molecule has 1 N–H and O–H groups in total. The fourth-order valence-electron chi connectivity index (χ4n) is 2.17. The van der Waals surface area contributed by atoms with Crippen LogP contribution in [0.15, 0.2) is 24.4 Å². The number of phenols is 1. The Labute approximate surface area is 108 Å². The molecule has 0 saturated carbocycles. The zero-order chi connectivity index (χ0) is 13.3. The van der Waals surface area contributed by atoms with Gasteiger partial charge in [0.1, 0.15) is 5.75 Å². The van der Waals surface area contributed by atoms with Crippen molar-refractivity contribution in [1.82, 2.24) is 4.57 Å². The van der Waals surface area contributed by atoms with E-state index >= 15 is 0 Å². The average molecular weight is 247 g/mol. The van der Waals surface area contributed by atoms with E-state index in [0.717, 1.165) is 16.5 Å². The van der Waals surface area contributed by atoms with Gasteiger partial charge in [-0.1, -0.05) is 6.07 Å². The van der Waals surface area contributed by atoms with Gasteiger partial charge in [-0.15, -0.1) is 0 Å². The fourth-order valence-corrected chi connectivity index (χ4v) is 2.17. The lowest BCUT2D eigenvalue weighted by atomic mass is 10.1. The van der Waals surface area contributed by atoms with Gasteiger partial charge < -0.3 is 14.4 Å². The molecule has 0 aliphatic heterocycles. The summed E-state index contributed by atoms with van der Waals surface area (Å²) in [5.74, 6) is 0.328. The Kier molecular flexibility index (Phi) is 3.62. The molecule has 0 aliphatic rings. The summed E-state index contributed by atoms with van der Waals surface area (Å²) < 4.78 is 7.83. The first-order valence-electron chi connectivity index (χ1n) is 6.43. The summed E-state index contributed by atoms with van der Waals surface area (Å²) in [6.07, 6.45) is 2.27. The second-order valence-electron chi connectivity index (χ2n) is 5.19. The van der Waals surface area contributed by atoms with Crippen molar-refractivity contribution in [3.05, 3.63) is 30.0 Å². The quantitative estimate of drug-likeness (QED) is 0.890. The highest BCUT2D eigenvalue weighted by atomic mass is 16.5. The smallest absolute Gasteiger partial charge is 0.125 e. The third-order valence-corrected chi connectivity index (χ3v) is 3.04. The summed E-state index contributed by atoms with van der Waals surface area (Å²) in [5, 5.41) is 11.0. The maximum absolute atomic E-state index is 10.0. The van der Waals surface area contributed by atoms with Crippen molar-refractivity contribution in [1.29, 1.82) is 0 Å². The molecule has 3 heteroatoms. The monoisotopic (exact) mass is 247 g/mol. The molecule has 0 unspecified atom stereocenters. The molecule has 0 atom stereocenters. The first-order valence-corrected chi connectivity index (χ1v) is 6.43. The van der Waals surface area contributed by atoms with E-state index in [9.17, 15) is 5.11 Å². The Morgan fingerprint density at radius 3 is 2.56 bits per heavy atom. The molecule has 0 saturated heterocycles. The largest absolute Gasteiger partial charge is 0.507 e. The molecule has 0 fully saturated rings. The van der Waals surface area contributed by atoms with E-state index in [1.807, 2.05) is 26.0 Å². The third-order valence-electron chi connectivity index (χ3n) is 3.04. The topological polar surface area (TPSA) is 34.4 Å². The van der Waals surface area contributed by atoms with Gasteiger partial charge in [0.25, 0.3) is 0 Å². The summed E-state index contributed by atoms with van der Waals surface area (Å²) >= 11 is 0. The van der Waals surface area contributed by atoms with Crippen molar-refractivity contribution in [2.75, 3.05) is 0 Å². The standard InChI is InChI=1S/C15H21NO2/c1-10(2)16-8-12(9-18-11(3)4)15-13(16)6-5-7-14(15)17/h5-8,10-11,17H,9H2,1-4H3. The molecular weight excluding hydrogens is 226 g/mol. The fraction of sp³-hybridized carbons (Fsp3) is 0.467. The Morgan fingerprint density at radius 1 is 1.22 bits per heavy atom. The van der Waals surface area contributed by atoms with E-state index in [4.69, 9.17) is 4.74 Å². The zero-order valence-electron chi connectivity index (χ0n) is 11.5. The number of aromatic nitrogens is 1. The molecule has 0 amide bonds. The molecule has 18 heavy (non-hydrogen) atoms. The highest BCUT2D eigenvalue weighted by Gasteiger charge is 2.14. The average Bonchev–Trinajstić information content (AvgIpc) is 2.67. The Morgan fingerprint density at radius 2 is 1.94 bits per heavy atom. The number of aromatic hydroxyl groups is 1. The molecule has 1 heterocycles. The van der Waals surface area contributed by atoms with Crippen LogP contribution in [0, 0.1) is 0 Å². The minimum atomic E-state index is 0.188. The highest BCUT2D eigenvalue weighted by Crippen LogP contribution is 2.32. The van der Waals surface area contributed by atoms with E-state index in [2.05, 4.69) is 24.6 Å². The molecule has 1 aromatic heterocycles. The van der Waals surface area contributed by atoms with Crippen molar-refractivity contribution >= 4 is 10.9 Å². The van der Waals surface area contributed by atoms with Crippen molar-refractivity contribution < 1.29 is 9.84 Å². The number of benzene rings is 1. The van der Waals surface area contributed by atoms with Gasteiger partial charge in [0.2, 0.25) is 0 Å². The van der Waals surface area contributed by atoms with E-state index in [1.165, 1.54) is 0 Å². The Bertz CT molecular complexity index is 541. The van der Waals surface area contributed by atoms with Crippen LogP contribution < -0.4 is 0 Å². The summed E-state index contributed by atoms with van der Waals surface area (Å²) in [4.78, 5) is 0. The molecule has 1 aromatic carbocycles. The summed E-state index contributed by atoms with van der Waals surface area (Å²) in [6, 6.07) is 6.01. The van der Waals surface area contributed by atoms with E-state index < -0.39 is 0 Å². The number of hydrogen-bond donors (Lipinski definition) is 1. The Hall–Kier alpha value is -1.48. The van der Waals surface area contributed by atoms with E-state index in [-0.39, 0.29) is 6.10 Å².